The molecule has 0 saturated carbocycles. The minimum atomic E-state index is -0.617. The van der Waals surface area contributed by atoms with E-state index in [1.54, 1.807) is 17.0 Å². The Kier molecular flexibility index (Phi) is 6.77. The van der Waals surface area contributed by atoms with Crippen LogP contribution in [0.5, 0.6) is 0 Å². The number of esters is 1. The van der Waals surface area contributed by atoms with Crippen molar-refractivity contribution in [1.29, 1.82) is 0 Å². The van der Waals surface area contributed by atoms with E-state index in [4.69, 9.17) is 4.74 Å². The molecule has 1 aromatic rings. The molecule has 0 aromatic heterocycles. The smallest absolute Gasteiger partial charge is 0.325 e. The van der Waals surface area contributed by atoms with E-state index in [1.165, 1.54) is 0 Å². The van der Waals surface area contributed by atoms with Crippen LogP contribution in [0.3, 0.4) is 0 Å². The zero-order chi connectivity index (χ0) is 19.3. The van der Waals surface area contributed by atoms with E-state index in [1.807, 2.05) is 19.9 Å². The van der Waals surface area contributed by atoms with Crippen molar-refractivity contribution in [3.63, 3.8) is 0 Å². The molecular formula is C20H28N2O4. The Morgan fingerprint density at radius 3 is 2.38 bits per heavy atom. The number of piperidine rings is 1. The Morgan fingerprint density at radius 2 is 1.77 bits per heavy atom. The van der Waals surface area contributed by atoms with Crippen molar-refractivity contribution in [2.75, 3.05) is 26.2 Å². The highest BCUT2D eigenvalue weighted by atomic mass is 16.5. The first-order valence-corrected chi connectivity index (χ1v) is 9.05. The third-order valence-corrected chi connectivity index (χ3v) is 4.74. The lowest BCUT2D eigenvalue weighted by molar-refractivity contribution is -0.152. The van der Waals surface area contributed by atoms with Gasteiger partial charge in [0.15, 0.2) is 6.61 Å². The molecule has 0 unspecified atom stereocenters. The molecule has 6 heteroatoms. The second-order valence-corrected chi connectivity index (χ2v) is 7.39. The van der Waals surface area contributed by atoms with E-state index < -0.39 is 5.97 Å². The Labute approximate surface area is 154 Å². The van der Waals surface area contributed by atoms with Gasteiger partial charge in [-0.1, -0.05) is 19.9 Å². The van der Waals surface area contributed by atoms with Crippen LogP contribution in [0, 0.1) is 25.7 Å². The summed E-state index contributed by atoms with van der Waals surface area (Å²) in [7, 11) is 0. The molecule has 0 spiro atoms. The number of amides is 2. The molecule has 26 heavy (non-hydrogen) atoms. The Balaban J connectivity index is 1.75. The molecule has 6 nitrogen and oxygen atoms in total. The molecule has 1 aliphatic rings. The van der Waals surface area contributed by atoms with Gasteiger partial charge >= 0.3 is 5.97 Å². The molecule has 0 radical (unpaired) electrons. The van der Waals surface area contributed by atoms with Gasteiger partial charge in [0.1, 0.15) is 6.54 Å². The number of carbonyl (C=O) groups excluding carboxylic acids is 3. The van der Waals surface area contributed by atoms with Crippen LogP contribution in [0.1, 0.15) is 41.8 Å². The number of aryl methyl sites for hydroxylation is 2. The highest BCUT2D eigenvalue weighted by Crippen LogP contribution is 2.20. The van der Waals surface area contributed by atoms with Crippen molar-refractivity contribution >= 4 is 17.8 Å². The third-order valence-electron chi connectivity index (χ3n) is 4.74. The predicted molar refractivity (Wildman–Crippen MR) is 98.7 cm³/mol. The van der Waals surface area contributed by atoms with Crippen LogP contribution in [0.15, 0.2) is 18.2 Å². The fourth-order valence-electron chi connectivity index (χ4n) is 3.29. The molecule has 0 aliphatic carbocycles. The van der Waals surface area contributed by atoms with Crippen molar-refractivity contribution in [3.05, 3.63) is 34.9 Å². The minimum absolute atomic E-state index is 0.183. The van der Waals surface area contributed by atoms with Gasteiger partial charge in [-0.2, -0.15) is 0 Å². The number of benzene rings is 1. The molecule has 1 aromatic carbocycles. The van der Waals surface area contributed by atoms with Crippen LogP contribution >= 0.6 is 0 Å². The average Bonchev–Trinajstić information content (AvgIpc) is 2.59. The van der Waals surface area contributed by atoms with E-state index in [2.05, 4.69) is 19.2 Å². The number of nitrogens with one attached hydrogen (secondary N) is 1. The molecule has 142 valence electrons. The molecule has 2 atom stereocenters. The topological polar surface area (TPSA) is 75.7 Å². The molecule has 1 N–H and O–H groups in total. The summed E-state index contributed by atoms with van der Waals surface area (Å²) in [5, 5.41) is 2.52. The molecule has 2 rings (SSSR count). The maximum atomic E-state index is 12.2. The highest BCUT2D eigenvalue weighted by molar-refractivity contribution is 5.96. The molecule has 1 aliphatic heterocycles. The SMILES string of the molecule is Cc1ccc(C(=O)NCC(=O)OCC(=O)N2C[C@H](C)C[C@H](C)C2)cc1C. The van der Waals surface area contributed by atoms with E-state index in [0.29, 0.717) is 30.5 Å². The largest absolute Gasteiger partial charge is 0.454 e. The standard InChI is InChI=1S/C20H28N2O4/c1-13-7-14(2)11-22(10-13)18(23)12-26-19(24)9-21-20(25)17-6-5-15(3)16(4)8-17/h5-6,8,13-14H,7,9-12H2,1-4H3,(H,21,25)/t13-,14+. The maximum Gasteiger partial charge on any atom is 0.325 e. The first-order chi connectivity index (χ1) is 12.3. The van der Waals surface area contributed by atoms with Crippen LogP contribution in [0.25, 0.3) is 0 Å². The normalized spacial score (nSPS) is 19.8. The van der Waals surface area contributed by atoms with Gasteiger partial charge in [0.2, 0.25) is 0 Å². The lowest BCUT2D eigenvalue weighted by atomic mass is 9.92. The monoisotopic (exact) mass is 360 g/mol. The van der Waals surface area contributed by atoms with Gasteiger partial charge in [-0.3, -0.25) is 14.4 Å². The lowest BCUT2D eigenvalue weighted by Crippen LogP contribution is -2.44. The zero-order valence-corrected chi connectivity index (χ0v) is 16.0. The molecule has 1 saturated heterocycles. The van der Waals surface area contributed by atoms with Crippen LogP contribution in [-0.2, 0) is 14.3 Å². The summed E-state index contributed by atoms with van der Waals surface area (Å²) >= 11 is 0. The summed E-state index contributed by atoms with van der Waals surface area (Å²) in [5.74, 6) is -0.229. The van der Waals surface area contributed by atoms with Gasteiger partial charge in [-0.05, 0) is 55.4 Å². The lowest BCUT2D eigenvalue weighted by Gasteiger charge is -2.34. The number of hydrogen-bond acceptors (Lipinski definition) is 4. The maximum absolute atomic E-state index is 12.2. The number of nitrogens with zero attached hydrogens (tertiary/aromatic N) is 1. The van der Waals surface area contributed by atoms with E-state index in [9.17, 15) is 14.4 Å². The number of rotatable bonds is 5. The van der Waals surface area contributed by atoms with Crippen molar-refractivity contribution in [2.24, 2.45) is 11.8 Å². The van der Waals surface area contributed by atoms with Gasteiger partial charge < -0.3 is 15.0 Å². The number of likely N-dealkylation sites (tertiary alicyclic amines) is 1. The van der Waals surface area contributed by atoms with Crippen molar-refractivity contribution in [2.45, 2.75) is 34.1 Å². The first kappa shape index (κ1) is 19.9. The van der Waals surface area contributed by atoms with Gasteiger partial charge in [-0.15, -0.1) is 0 Å². The van der Waals surface area contributed by atoms with E-state index in [0.717, 1.165) is 17.5 Å². The Hall–Kier alpha value is -2.37. The van der Waals surface area contributed by atoms with E-state index in [-0.39, 0.29) is 25.0 Å². The van der Waals surface area contributed by atoms with Crippen LogP contribution in [-0.4, -0.2) is 48.9 Å². The summed E-state index contributed by atoms with van der Waals surface area (Å²) in [6.45, 7) is 8.98. The zero-order valence-electron chi connectivity index (χ0n) is 16.0. The summed E-state index contributed by atoms with van der Waals surface area (Å²) in [5.41, 5.74) is 2.60. The average molecular weight is 360 g/mol. The van der Waals surface area contributed by atoms with Gasteiger partial charge in [0.25, 0.3) is 11.8 Å². The number of ether oxygens (including phenoxy) is 1. The molecular weight excluding hydrogens is 332 g/mol. The summed E-state index contributed by atoms with van der Waals surface area (Å²) in [6.07, 6.45) is 1.11. The van der Waals surface area contributed by atoms with Crippen LogP contribution < -0.4 is 5.32 Å². The fraction of sp³-hybridized carbons (Fsp3) is 0.550. The Bertz CT molecular complexity index is 676. The van der Waals surface area contributed by atoms with Gasteiger partial charge in [0.05, 0.1) is 0 Å². The van der Waals surface area contributed by atoms with Gasteiger partial charge in [-0.25, -0.2) is 0 Å². The van der Waals surface area contributed by atoms with Crippen molar-refractivity contribution < 1.29 is 19.1 Å². The van der Waals surface area contributed by atoms with Crippen molar-refractivity contribution in [1.82, 2.24) is 10.2 Å². The van der Waals surface area contributed by atoms with Gasteiger partial charge in [0, 0.05) is 18.7 Å². The molecule has 2 amide bonds. The summed E-state index contributed by atoms with van der Waals surface area (Å²) in [6, 6.07) is 5.35. The summed E-state index contributed by atoms with van der Waals surface area (Å²) in [4.78, 5) is 37.8. The quantitative estimate of drug-likeness (QED) is 0.816. The highest BCUT2D eigenvalue weighted by Gasteiger charge is 2.25. The van der Waals surface area contributed by atoms with Crippen LogP contribution in [0.2, 0.25) is 0 Å². The number of hydrogen-bond donors (Lipinski definition) is 1. The predicted octanol–water partition coefficient (Wildman–Crippen LogP) is 2.08. The second kappa shape index (κ2) is 8.83. The second-order valence-electron chi connectivity index (χ2n) is 7.39. The van der Waals surface area contributed by atoms with Crippen LogP contribution in [0.4, 0.5) is 0 Å². The first-order valence-electron chi connectivity index (χ1n) is 9.05. The molecule has 1 fully saturated rings. The van der Waals surface area contributed by atoms with E-state index >= 15 is 0 Å². The fourth-order valence-corrected chi connectivity index (χ4v) is 3.29. The minimum Gasteiger partial charge on any atom is -0.454 e. The third kappa shape index (κ3) is 5.58. The number of carbonyl (C=O) groups is 3. The molecule has 1 heterocycles. The van der Waals surface area contributed by atoms with Crippen molar-refractivity contribution in [3.8, 4) is 0 Å². The summed E-state index contributed by atoms with van der Waals surface area (Å²) < 4.78 is 5.01. The molecule has 0 bridgehead atoms. The Morgan fingerprint density at radius 1 is 1.12 bits per heavy atom.